The Labute approximate surface area is 146 Å². The maximum atomic E-state index is 13.4. The summed E-state index contributed by atoms with van der Waals surface area (Å²) in [5.74, 6) is -0.785. The highest BCUT2D eigenvalue weighted by Crippen LogP contribution is 2.22. The summed E-state index contributed by atoms with van der Waals surface area (Å²) in [6.45, 7) is 2.15. The van der Waals surface area contributed by atoms with Crippen molar-refractivity contribution in [2.45, 2.75) is 25.3 Å². The van der Waals surface area contributed by atoms with Crippen LogP contribution in [0, 0.1) is 5.82 Å². The van der Waals surface area contributed by atoms with Crippen LogP contribution < -0.4 is 4.74 Å². The maximum Gasteiger partial charge on any atom is 0.339 e. The molecule has 1 aliphatic heterocycles. The number of aromatic carboxylic acids is 1. The third-order valence-corrected chi connectivity index (χ3v) is 4.61. The van der Waals surface area contributed by atoms with Gasteiger partial charge in [0.1, 0.15) is 23.7 Å². The van der Waals surface area contributed by atoms with Gasteiger partial charge in [-0.25, -0.2) is 9.18 Å². The topological polar surface area (TPSA) is 49.8 Å². The van der Waals surface area contributed by atoms with E-state index in [9.17, 15) is 14.3 Å². The molecule has 4 nitrogen and oxygen atoms in total. The summed E-state index contributed by atoms with van der Waals surface area (Å²) in [5, 5.41) is 9.18. The van der Waals surface area contributed by atoms with Gasteiger partial charge in [-0.3, -0.25) is 4.90 Å². The standard InChI is InChI=1S/C20H22FNO3/c21-16-6-3-5-15(13-16)14-17-7-4-10-22(17)11-12-25-19-9-2-1-8-18(19)20(23)24/h1-3,5-6,8-9,13,17H,4,7,10-12,14H2,(H,23,24). The van der Waals surface area contributed by atoms with Gasteiger partial charge in [0.05, 0.1) is 0 Å². The number of rotatable bonds is 7. The minimum absolute atomic E-state index is 0.181. The summed E-state index contributed by atoms with van der Waals surface area (Å²) in [5.41, 5.74) is 1.19. The molecule has 1 saturated heterocycles. The molecule has 1 N–H and O–H groups in total. The highest BCUT2D eigenvalue weighted by molar-refractivity contribution is 5.90. The number of hydrogen-bond acceptors (Lipinski definition) is 3. The Bertz CT molecular complexity index is 734. The second kappa shape index (κ2) is 8.12. The molecule has 0 radical (unpaired) electrons. The normalized spacial score (nSPS) is 17.6. The second-order valence-electron chi connectivity index (χ2n) is 6.32. The van der Waals surface area contributed by atoms with Gasteiger partial charge in [0.15, 0.2) is 0 Å². The molecule has 1 unspecified atom stereocenters. The zero-order valence-electron chi connectivity index (χ0n) is 14.0. The van der Waals surface area contributed by atoms with E-state index in [1.54, 1.807) is 36.4 Å². The molecule has 1 aliphatic rings. The molecule has 3 rings (SSSR count). The largest absolute Gasteiger partial charge is 0.491 e. The van der Waals surface area contributed by atoms with Gasteiger partial charge in [-0.2, -0.15) is 0 Å². The Kier molecular flexibility index (Phi) is 5.66. The van der Waals surface area contributed by atoms with Crippen LogP contribution in [0.3, 0.4) is 0 Å². The number of hydrogen-bond donors (Lipinski definition) is 1. The number of halogens is 1. The van der Waals surface area contributed by atoms with E-state index in [0.717, 1.165) is 37.9 Å². The maximum absolute atomic E-state index is 13.4. The van der Waals surface area contributed by atoms with Crippen LogP contribution >= 0.6 is 0 Å². The number of ether oxygens (including phenoxy) is 1. The Morgan fingerprint density at radius 1 is 1.24 bits per heavy atom. The van der Waals surface area contributed by atoms with Crippen molar-refractivity contribution in [1.29, 1.82) is 0 Å². The van der Waals surface area contributed by atoms with Crippen molar-refractivity contribution < 1.29 is 19.0 Å². The van der Waals surface area contributed by atoms with Gasteiger partial charge in [0, 0.05) is 12.6 Å². The van der Waals surface area contributed by atoms with Crippen LogP contribution in [-0.4, -0.2) is 41.7 Å². The molecule has 0 aliphatic carbocycles. The number of carboxylic acids is 1. The fourth-order valence-electron chi connectivity index (χ4n) is 3.40. The molecule has 1 heterocycles. The van der Waals surface area contributed by atoms with E-state index in [1.807, 2.05) is 6.07 Å². The Hall–Kier alpha value is -2.40. The number of nitrogens with zero attached hydrogens (tertiary/aromatic N) is 1. The third-order valence-electron chi connectivity index (χ3n) is 4.61. The van der Waals surface area contributed by atoms with Crippen LogP contribution in [0.5, 0.6) is 5.75 Å². The highest BCUT2D eigenvalue weighted by atomic mass is 19.1. The minimum atomic E-state index is -0.985. The summed E-state index contributed by atoms with van der Waals surface area (Å²) in [4.78, 5) is 13.5. The van der Waals surface area contributed by atoms with Crippen molar-refractivity contribution in [3.05, 3.63) is 65.5 Å². The summed E-state index contributed by atoms with van der Waals surface area (Å²) in [7, 11) is 0. The Balaban J connectivity index is 1.55. The van der Waals surface area contributed by atoms with Crippen LogP contribution in [0.25, 0.3) is 0 Å². The van der Waals surface area contributed by atoms with E-state index in [1.165, 1.54) is 6.07 Å². The first-order valence-corrected chi connectivity index (χ1v) is 8.57. The highest BCUT2D eigenvalue weighted by Gasteiger charge is 2.24. The fourth-order valence-corrected chi connectivity index (χ4v) is 3.40. The van der Waals surface area contributed by atoms with Crippen molar-refractivity contribution >= 4 is 5.97 Å². The lowest BCUT2D eigenvalue weighted by molar-refractivity contribution is 0.0691. The molecule has 0 amide bonds. The summed E-state index contributed by atoms with van der Waals surface area (Å²) >= 11 is 0. The van der Waals surface area contributed by atoms with Crippen molar-refractivity contribution in [3.8, 4) is 5.75 Å². The van der Waals surface area contributed by atoms with Crippen molar-refractivity contribution in [3.63, 3.8) is 0 Å². The molecule has 5 heteroatoms. The number of carboxylic acid groups (broad SMARTS) is 1. The zero-order valence-corrected chi connectivity index (χ0v) is 14.0. The fraction of sp³-hybridized carbons (Fsp3) is 0.350. The van der Waals surface area contributed by atoms with E-state index in [-0.39, 0.29) is 11.4 Å². The number of carbonyl (C=O) groups is 1. The molecular formula is C20H22FNO3. The van der Waals surface area contributed by atoms with Gasteiger partial charge < -0.3 is 9.84 Å². The molecule has 1 fully saturated rings. The van der Waals surface area contributed by atoms with E-state index in [4.69, 9.17) is 4.74 Å². The summed E-state index contributed by atoms with van der Waals surface area (Å²) in [6, 6.07) is 13.8. The summed E-state index contributed by atoms with van der Waals surface area (Å²) < 4.78 is 19.0. The average Bonchev–Trinajstić information content (AvgIpc) is 3.02. The van der Waals surface area contributed by atoms with Crippen molar-refractivity contribution in [2.24, 2.45) is 0 Å². The molecule has 0 spiro atoms. The molecule has 0 saturated carbocycles. The lowest BCUT2D eigenvalue weighted by atomic mass is 10.0. The van der Waals surface area contributed by atoms with Crippen LogP contribution in [0.4, 0.5) is 4.39 Å². The first-order valence-electron chi connectivity index (χ1n) is 8.57. The lowest BCUT2D eigenvalue weighted by Gasteiger charge is -2.24. The van der Waals surface area contributed by atoms with Gasteiger partial charge in [0.25, 0.3) is 0 Å². The summed E-state index contributed by atoms with van der Waals surface area (Å²) in [6.07, 6.45) is 3.03. The third kappa shape index (κ3) is 4.57. The molecule has 1 atom stereocenters. The monoisotopic (exact) mass is 343 g/mol. The van der Waals surface area contributed by atoms with Gasteiger partial charge in [-0.05, 0) is 55.6 Å². The van der Waals surface area contributed by atoms with E-state index in [2.05, 4.69) is 4.90 Å². The van der Waals surface area contributed by atoms with E-state index < -0.39 is 5.97 Å². The molecule has 0 bridgehead atoms. The number of para-hydroxylation sites is 1. The molecule has 132 valence electrons. The second-order valence-corrected chi connectivity index (χ2v) is 6.32. The molecule has 2 aromatic rings. The zero-order chi connectivity index (χ0) is 17.6. The Morgan fingerprint density at radius 3 is 2.88 bits per heavy atom. The predicted molar refractivity (Wildman–Crippen MR) is 93.6 cm³/mol. The lowest BCUT2D eigenvalue weighted by Crippen LogP contribution is -2.34. The number of benzene rings is 2. The minimum Gasteiger partial charge on any atom is -0.491 e. The Morgan fingerprint density at radius 2 is 2.08 bits per heavy atom. The first kappa shape index (κ1) is 17.4. The quantitative estimate of drug-likeness (QED) is 0.834. The number of likely N-dealkylation sites (tertiary alicyclic amines) is 1. The molecule has 0 aromatic heterocycles. The van der Waals surface area contributed by atoms with Gasteiger partial charge in [0.2, 0.25) is 0 Å². The van der Waals surface area contributed by atoms with Crippen molar-refractivity contribution in [2.75, 3.05) is 19.7 Å². The predicted octanol–water partition coefficient (Wildman–Crippen LogP) is 3.61. The van der Waals surface area contributed by atoms with Crippen LogP contribution in [-0.2, 0) is 6.42 Å². The first-order chi connectivity index (χ1) is 12.1. The SMILES string of the molecule is O=C(O)c1ccccc1OCCN1CCCC1Cc1cccc(F)c1. The van der Waals surface area contributed by atoms with E-state index in [0.29, 0.717) is 18.4 Å². The molecule has 2 aromatic carbocycles. The van der Waals surface area contributed by atoms with E-state index >= 15 is 0 Å². The van der Waals surface area contributed by atoms with Gasteiger partial charge in [-0.1, -0.05) is 24.3 Å². The van der Waals surface area contributed by atoms with Crippen LogP contribution in [0.1, 0.15) is 28.8 Å². The van der Waals surface area contributed by atoms with Crippen LogP contribution in [0.2, 0.25) is 0 Å². The van der Waals surface area contributed by atoms with Crippen LogP contribution in [0.15, 0.2) is 48.5 Å². The van der Waals surface area contributed by atoms with Crippen molar-refractivity contribution in [1.82, 2.24) is 4.90 Å². The van der Waals surface area contributed by atoms with Gasteiger partial charge in [-0.15, -0.1) is 0 Å². The average molecular weight is 343 g/mol. The molecular weight excluding hydrogens is 321 g/mol. The molecule has 25 heavy (non-hydrogen) atoms. The van der Waals surface area contributed by atoms with Gasteiger partial charge >= 0.3 is 5.97 Å². The smallest absolute Gasteiger partial charge is 0.339 e.